The number of anilines is 1. The zero-order valence-electron chi connectivity index (χ0n) is 13.2. The van der Waals surface area contributed by atoms with E-state index in [1.165, 1.54) is 12.1 Å². The highest BCUT2D eigenvalue weighted by Crippen LogP contribution is 2.19. The molecule has 0 fully saturated rings. The third-order valence-corrected chi connectivity index (χ3v) is 3.66. The highest BCUT2D eigenvalue weighted by Gasteiger charge is 2.14. The number of nitrogens with zero attached hydrogens (tertiary/aromatic N) is 3. The Morgan fingerprint density at radius 2 is 2.26 bits per heavy atom. The Morgan fingerprint density at radius 3 is 2.87 bits per heavy atom. The van der Waals surface area contributed by atoms with Crippen LogP contribution in [0.2, 0.25) is 0 Å². The molecule has 0 unspecified atom stereocenters. The molecule has 7 nitrogen and oxygen atoms in total. The number of nitro benzene ring substituents is 1. The normalized spacial score (nSPS) is 11.8. The van der Waals surface area contributed by atoms with Gasteiger partial charge in [0.1, 0.15) is 0 Å². The minimum atomic E-state index is -0.438. The molecule has 1 atom stereocenters. The Balaban J connectivity index is 2.02. The van der Waals surface area contributed by atoms with Gasteiger partial charge in [-0.15, -0.1) is 0 Å². The van der Waals surface area contributed by atoms with Crippen LogP contribution >= 0.6 is 12.2 Å². The van der Waals surface area contributed by atoms with Crippen molar-refractivity contribution >= 4 is 28.7 Å². The van der Waals surface area contributed by atoms with E-state index in [1.807, 2.05) is 31.6 Å². The van der Waals surface area contributed by atoms with Crippen LogP contribution < -0.4 is 10.6 Å². The first kappa shape index (κ1) is 16.9. The van der Waals surface area contributed by atoms with Crippen molar-refractivity contribution in [2.75, 3.05) is 5.32 Å². The number of rotatable bonds is 5. The van der Waals surface area contributed by atoms with E-state index in [9.17, 15) is 10.1 Å². The fourth-order valence-electron chi connectivity index (χ4n) is 2.26. The fraction of sp³-hybridized carbons (Fsp3) is 0.333. The maximum atomic E-state index is 10.8. The molecule has 8 heteroatoms. The Morgan fingerprint density at radius 1 is 1.52 bits per heavy atom. The molecule has 0 amide bonds. The van der Waals surface area contributed by atoms with Crippen molar-refractivity contribution in [3.05, 3.63) is 51.8 Å². The first-order valence-electron chi connectivity index (χ1n) is 7.26. The van der Waals surface area contributed by atoms with Crippen molar-refractivity contribution in [1.82, 2.24) is 15.1 Å². The lowest BCUT2D eigenvalue weighted by Gasteiger charge is -2.16. The standard InChI is InChI=1S/C15H19N5O2S/c1-4-19-9-14(11(3)18-19)10(2)16-15(23)17-12-6-5-7-13(8-12)20(21)22/h5-10H,4H2,1-3H3,(H2,16,17,23)/t10-/m0/s1. The van der Waals surface area contributed by atoms with Crippen LogP contribution in [0.3, 0.4) is 0 Å². The first-order valence-corrected chi connectivity index (χ1v) is 7.67. The summed E-state index contributed by atoms with van der Waals surface area (Å²) in [5.74, 6) is 0. The van der Waals surface area contributed by atoms with Gasteiger partial charge < -0.3 is 10.6 Å². The van der Waals surface area contributed by atoms with Gasteiger partial charge in [0.25, 0.3) is 5.69 Å². The predicted octanol–water partition coefficient (Wildman–Crippen LogP) is 3.17. The number of nitro groups is 1. The zero-order valence-corrected chi connectivity index (χ0v) is 14.1. The van der Waals surface area contributed by atoms with Crippen LogP contribution in [0.1, 0.15) is 31.1 Å². The second-order valence-electron chi connectivity index (χ2n) is 5.15. The molecule has 2 rings (SSSR count). The van der Waals surface area contributed by atoms with Gasteiger partial charge in [-0.05, 0) is 39.1 Å². The lowest BCUT2D eigenvalue weighted by molar-refractivity contribution is -0.384. The van der Waals surface area contributed by atoms with Crippen LogP contribution in [-0.4, -0.2) is 19.8 Å². The van der Waals surface area contributed by atoms with Crippen molar-refractivity contribution in [1.29, 1.82) is 0 Å². The Hall–Kier alpha value is -2.48. The third-order valence-electron chi connectivity index (χ3n) is 3.44. The highest BCUT2D eigenvalue weighted by atomic mass is 32.1. The van der Waals surface area contributed by atoms with E-state index in [0.29, 0.717) is 10.8 Å². The molecular formula is C15H19N5O2S. The van der Waals surface area contributed by atoms with Crippen LogP contribution in [0.4, 0.5) is 11.4 Å². The van der Waals surface area contributed by atoms with Gasteiger partial charge in [0.15, 0.2) is 5.11 Å². The molecule has 0 radical (unpaired) electrons. The summed E-state index contributed by atoms with van der Waals surface area (Å²) in [4.78, 5) is 10.4. The summed E-state index contributed by atoms with van der Waals surface area (Å²) in [5.41, 5.74) is 2.61. The summed E-state index contributed by atoms with van der Waals surface area (Å²) in [6.07, 6.45) is 1.99. The lowest BCUT2D eigenvalue weighted by atomic mass is 10.1. The van der Waals surface area contributed by atoms with Crippen molar-refractivity contribution < 1.29 is 4.92 Å². The van der Waals surface area contributed by atoms with Crippen molar-refractivity contribution in [3.8, 4) is 0 Å². The average Bonchev–Trinajstić information content (AvgIpc) is 2.88. The maximum Gasteiger partial charge on any atom is 0.271 e. The van der Waals surface area contributed by atoms with Crippen molar-refractivity contribution in [3.63, 3.8) is 0 Å². The maximum absolute atomic E-state index is 10.8. The monoisotopic (exact) mass is 333 g/mol. The molecule has 0 saturated carbocycles. The summed E-state index contributed by atoms with van der Waals surface area (Å²) >= 11 is 5.28. The number of nitrogens with one attached hydrogen (secondary N) is 2. The predicted molar refractivity (Wildman–Crippen MR) is 93.5 cm³/mol. The fourth-order valence-corrected chi connectivity index (χ4v) is 2.55. The topological polar surface area (TPSA) is 85.0 Å². The summed E-state index contributed by atoms with van der Waals surface area (Å²) in [7, 11) is 0. The van der Waals surface area contributed by atoms with Gasteiger partial charge in [0.2, 0.25) is 0 Å². The summed E-state index contributed by atoms with van der Waals surface area (Å²) in [6, 6.07) is 6.20. The minimum Gasteiger partial charge on any atom is -0.356 e. The number of benzene rings is 1. The Bertz CT molecular complexity index is 728. The first-order chi connectivity index (χ1) is 10.9. The second kappa shape index (κ2) is 7.19. The van der Waals surface area contributed by atoms with Gasteiger partial charge >= 0.3 is 0 Å². The van der Waals surface area contributed by atoms with E-state index in [4.69, 9.17) is 12.2 Å². The van der Waals surface area contributed by atoms with Crippen molar-refractivity contribution in [2.45, 2.75) is 33.4 Å². The number of aromatic nitrogens is 2. The minimum absolute atomic E-state index is 0.0194. The van der Waals surface area contributed by atoms with Crippen LogP contribution in [0.5, 0.6) is 0 Å². The summed E-state index contributed by atoms with van der Waals surface area (Å²) < 4.78 is 1.87. The number of hydrogen-bond acceptors (Lipinski definition) is 4. The third kappa shape index (κ3) is 4.26. The summed E-state index contributed by atoms with van der Waals surface area (Å²) in [5, 5.41) is 21.7. The van der Waals surface area contributed by atoms with E-state index in [1.54, 1.807) is 12.1 Å². The number of thiocarbonyl (C=S) groups is 1. The zero-order chi connectivity index (χ0) is 17.0. The van der Waals surface area contributed by atoms with E-state index < -0.39 is 4.92 Å². The van der Waals surface area contributed by atoms with Gasteiger partial charge in [-0.1, -0.05) is 6.07 Å². The van der Waals surface area contributed by atoms with Gasteiger partial charge in [-0.3, -0.25) is 14.8 Å². The van der Waals surface area contributed by atoms with Crippen LogP contribution in [0.15, 0.2) is 30.5 Å². The van der Waals surface area contributed by atoms with Gasteiger partial charge in [-0.2, -0.15) is 5.10 Å². The molecule has 0 aliphatic carbocycles. The van der Waals surface area contributed by atoms with Gasteiger partial charge in [0, 0.05) is 36.1 Å². The smallest absolute Gasteiger partial charge is 0.271 e. The molecule has 0 saturated heterocycles. The number of hydrogen-bond donors (Lipinski definition) is 2. The van der Waals surface area contributed by atoms with Crippen LogP contribution in [-0.2, 0) is 6.54 Å². The highest BCUT2D eigenvalue weighted by molar-refractivity contribution is 7.80. The average molecular weight is 333 g/mol. The molecular weight excluding hydrogens is 314 g/mol. The Labute approximate surface area is 139 Å². The lowest BCUT2D eigenvalue weighted by Crippen LogP contribution is -2.31. The number of aryl methyl sites for hydroxylation is 2. The van der Waals surface area contributed by atoms with Crippen LogP contribution in [0.25, 0.3) is 0 Å². The quantitative estimate of drug-likeness (QED) is 0.497. The van der Waals surface area contributed by atoms with Crippen molar-refractivity contribution in [2.24, 2.45) is 0 Å². The molecule has 2 N–H and O–H groups in total. The molecule has 2 aromatic rings. The molecule has 0 spiro atoms. The Kier molecular flexibility index (Phi) is 5.28. The van der Waals surface area contributed by atoms with Gasteiger partial charge in [-0.25, -0.2) is 0 Å². The SMILES string of the molecule is CCn1cc([C@H](C)NC(=S)Nc2cccc([N+](=O)[O-])c2)c(C)n1. The van der Waals surface area contributed by atoms with Crippen LogP contribution in [0, 0.1) is 17.0 Å². The molecule has 1 aromatic heterocycles. The van der Waals surface area contributed by atoms with E-state index >= 15 is 0 Å². The molecule has 0 bridgehead atoms. The largest absolute Gasteiger partial charge is 0.356 e. The molecule has 1 heterocycles. The second-order valence-corrected chi connectivity index (χ2v) is 5.56. The van der Waals surface area contributed by atoms with E-state index in [-0.39, 0.29) is 11.7 Å². The molecule has 23 heavy (non-hydrogen) atoms. The molecule has 0 aliphatic heterocycles. The molecule has 1 aromatic carbocycles. The molecule has 0 aliphatic rings. The number of non-ortho nitro benzene ring substituents is 1. The summed E-state index contributed by atoms with van der Waals surface area (Å²) in [6.45, 7) is 6.79. The van der Waals surface area contributed by atoms with E-state index in [2.05, 4.69) is 15.7 Å². The molecule has 122 valence electrons. The van der Waals surface area contributed by atoms with Gasteiger partial charge in [0.05, 0.1) is 16.7 Å². The van der Waals surface area contributed by atoms with E-state index in [0.717, 1.165) is 17.8 Å².